The smallest absolute Gasteiger partial charge is 0.191 e. The van der Waals surface area contributed by atoms with E-state index in [1.807, 2.05) is 0 Å². The fourth-order valence-electron chi connectivity index (χ4n) is 2.87. The Morgan fingerprint density at radius 1 is 1.26 bits per heavy atom. The largest absolute Gasteiger partial charge is 0.373 e. The van der Waals surface area contributed by atoms with Gasteiger partial charge in [-0.2, -0.15) is 0 Å². The molecule has 128 valence electrons. The van der Waals surface area contributed by atoms with Gasteiger partial charge < -0.3 is 20.3 Å². The van der Waals surface area contributed by atoms with E-state index >= 15 is 0 Å². The monoisotopic (exact) mass is 318 g/mol. The van der Waals surface area contributed by atoms with Gasteiger partial charge in [0.2, 0.25) is 0 Å². The van der Waals surface area contributed by atoms with Gasteiger partial charge in [0.05, 0.1) is 5.60 Å². The summed E-state index contributed by atoms with van der Waals surface area (Å²) in [4.78, 5) is 6.50. The fraction of sp³-hybridized carbons (Fsp3) is 0.611. The Bertz CT molecular complexity index is 522. The van der Waals surface area contributed by atoms with E-state index in [0.29, 0.717) is 0 Å². The van der Waals surface area contributed by atoms with Crippen molar-refractivity contribution in [1.29, 1.82) is 0 Å². The van der Waals surface area contributed by atoms with Crippen LogP contribution in [0.15, 0.2) is 29.3 Å². The van der Waals surface area contributed by atoms with Gasteiger partial charge in [-0.1, -0.05) is 24.3 Å². The van der Waals surface area contributed by atoms with Crippen molar-refractivity contribution in [3.63, 3.8) is 0 Å². The highest BCUT2D eigenvalue weighted by atomic mass is 16.5. The molecule has 0 saturated carbocycles. The molecule has 0 amide bonds. The van der Waals surface area contributed by atoms with Crippen molar-refractivity contribution >= 4 is 5.96 Å². The number of nitrogens with one attached hydrogen (secondary N) is 2. The number of guanidine groups is 1. The molecule has 1 unspecified atom stereocenters. The topological polar surface area (TPSA) is 48.9 Å². The molecule has 2 rings (SSSR count). The zero-order valence-electron chi connectivity index (χ0n) is 14.9. The van der Waals surface area contributed by atoms with E-state index in [9.17, 15) is 0 Å². The molecular formula is C18H30N4O. The molecule has 1 aromatic rings. The summed E-state index contributed by atoms with van der Waals surface area (Å²) in [5.41, 5.74) is 2.57. The molecule has 5 nitrogen and oxygen atoms in total. The first-order chi connectivity index (χ1) is 11.0. The third-order valence-electron chi connectivity index (χ3n) is 4.21. The lowest BCUT2D eigenvalue weighted by molar-refractivity contribution is 0.0243. The molecule has 0 spiro atoms. The van der Waals surface area contributed by atoms with Crippen LogP contribution in [0.4, 0.5) is 0 Å². The second kappa shape index (κ2) is 8.31. The van der Waals surface area contributed by atoms with Gasteiger partial charge in [-0.25, -0.2) is 0 Å². The normalized spacial score (nSPS) is 21.7. The molecule has 2 N–H and O–H groups in total. The van der Waals surface area contributed by atoms with Gasteiger partial charge >= 0.3 is 0 Å². The number of rotatable bonds is 6. The predicted molar refractivity (Wildman–Crippen MR) is 95.6 cm³/mol. The zero-order valence-corrected chi connectivity index (χ0v) is 14.9. The molecule has 1 aromatic carbocycles. The minimum absolute atomic E-state index is 0.0690. The zero-order chi connectivity index (χ0) is 16.7. The lowest BCUT2D eigenvalue weighted by Gasteiger charge is -2.25. The van der Waals surface area contributed by atoms with Gasteiger partial charge in [0, 0.05) is 33.3 Å². The van der Waals surface area contributed by atoms with Crippen LogP contribution in [0.2, 0.25) is 0 Å². The Balaban J connectivity index is 1.88. The highest BCUT2D eigenvalue weighted by Crippen LogP contribution is 2.23. The minimum Gasteiger partial charge on any atom is -0.373 e. The molecule has 1 fully saturated rings. The van der Waals surface area contributed by atoms with Gasteiger partial charge in [0.1, 0.15) is 0 Å². The molecule has 1 saturated heterocycles. The van der Waals surface area contributed by atoms with Crippen molar-refractivity contribution in [3.8, 4) is 0 Å². The predicted octanol–water partition coefficient (Wildman–Crippen LogP) is 1.98. The Morgan fingerprint density at radius 3 is 2.61 bits per heavy atom. The number of benzene rings is 1. The number of aliphatic imine (C=N–C) groups is 1. The van der Waals surface area contributed by atoms with E-state index in [2.05, 4.69) is 65.8 Å². The van der Waals surface area contributed by atoms with Crippen molar-refractivity contribution in [3.05, 3.63) is 35.4 Å². The summed E-state index contributed by atoms with van der Waals surface area (Å²) in [6.07, 6.45) is 2.24. The lowest BCUT2D eigenvalue weighted by Crippen LogP contribution is -2.45. The van der Waals surface area contributed by atoms with Crippen molar-refractivity contribution in [2.24, 2.45) is 4.99 Å². The summed E-state index contributed by atoms with van der Waals surface area (Å²) in [6.45, 7) is 5.51. The Labute approximate surface area is 140 Å². The van der Waals surface area contributed by atoms with Crippen molar-refractivity contribution < 1.29 is 4.74 Å². The quantitative estimate of drug-likeness (QED) is 0.622. The maximum Gasteiger partial charge on any atom is 0.191 e. The van der Waals surface area contributed by atoms with Crippen molar-refractivity contribution in [2.45, 2.75) is 38.5 Å². The highest BCUT2D eigenvalue weighted by Gasteiger charge is 2.29. The van der Waals surface area contributed by atoms with Crippen LogP contribution in [0.3, 0.4) is 0 Å². The molecule has 0 radical (unpaired) electrons. The highest BCUT2D eigenvalue weighted by molar-refractivity contribution is 5.79. The molecule has 0 aliphatic carbocycles. The molecule has 1 heterocycles. The fourth-order valence-corrected chi connectivity index (χ4v) is 2.87. The summed E-state index contributed by atoms with van der Waals surface area (Å²) in [6, 6.07) is 8.52. The number of ether oxygens (including phenoxy) is 1. The average molecular weight is 318 g/mol. The second-order valence-corrected chi connectivity index (χ2v) is 6.69. The molecule has 0 aromatic heterocycles. The molecule has 1 aliphatic rings. The van der Waals surface area contributed by atoms with Crippen LogP contribution in [-0.2, 0) is 17.8 Å². The first-order valence-electron chi connectivity index (χ1n) is 8.32. The summed E-state index contributed by atoms with van der Waals surface area (Å²) >= 11 is 0. The molecule has 5 heteroatoms. The third kappa shape index (κ3) is 5.52. The number of hydrogen-bond donors (Lipinski definition) is 2. The summed E-state index contributed by atoms with van der Waals surface area (Å²) in [7, 11) is 5.98. The van der Waals surface area contributed by atoms with Crippen LogP contribution in [0, 0.1) is 0 Å². The van der Waals surface area contributed by atoms with E-state index in [1.54, 1.807) is 7.05 Å². The van der Waals surface area contributed by atoms with Crippen LogP contribution in [-0.4, -0.2) is 50.8 Å². The van der Waals surface area contributed by atoms with Gasteiger partial charge in [-0.05, 0) is 45.0 Å². The lowest BCUT2D eigenvalue weighted by atomic mass is 10.0. The summed E-state index contributed by atoms with van der Waals surface area (Å²) in [5.74, 6) is 0.821. The maximum absolute atomic E-state index is 5.81. The van der Waals surface area contributed by atoms with Gasteiger partial charge in [0.25, 0.3) is 0 Å². The summed E-state index contributed by atoms with van der Waals surface area (Å²) < 4.78 is 5.81. The van der Waals surface area contributed by atoms with Gasteiger partial charge in [-0.3, -0.25) is 4.99 Å². The molecular weight excluding hydrogens is 288 g/mol. The maximum atomic E-state index is 5.81. The van der Waals surface area contributed by atoms with Gasteiger partial charge in [0.15, 0.2) is 5.96 Å². The average Bonchev–Trinajstić information content (AvgIpc) is 2.95. The Kier molecular flexibility index (Phi) is 6.42. The first kappa shape index (κ1) is 17.8. The third-order valence-corrected chi connectivity index (χ3v) is 4.21. The van der Waals surface area contributed by atoms with Crippen LogP contribution in [0.1, 0.15) is 30.9 Å². The van der Waals surface area contributed by atoms with Crippen LogP contribution < -0.4 is 10.6 Å². The number of hydrogen-bond acceptors (Lipinski definition) is 3. The van der Waals surface area contributed by atoms with Crippen LogP contribution in [0.5, 0.6) is 0 Å². The Morgan fingerprint density at radius 2 is 2.00 bits per heavy atom. The van der Waals surface area contributed by atoms with Crippen LogP contribution >= 0.6 is 0 Å². The molecule has 0 bridgehead atoms. The molecule has 1 atom stereocenters. The second-order valence-electron chi connectivity index (χ2n) is 6.69. The Hall–Kier alpha value is -1.59. The van der Waals surface area contributed by atoms with E-state index in [1.165, 1.54) is 11.1 Å². The van der Waals surface area contributed by atoms with E-state index in [4.69, 9.17) is 4.74 Å². The standard InChI is InChI=1S/C18H30N4O/c1-18(10-7-11-23-18)14-21-17(19-2)20-12-15-8-5-6-9-16(15)13-22(3)4/h5-6,8-9H,7,10-14H2,1-4H3,(H2,19,20,21). The summed E-state index contributed by atoms with van der Waals surface area (Å²) in [5, 5.41) is 6.79. The van der Waals surface area contributed by atoms with Gasteiger partial charge in [-0.15, -0.1) is 0 Å². The molecule has 23 heavy (non-hydrogen) atoms. The van der Waals surface area contributed by atoms with E-state index in [0.717, 1.165) is 45.0 Å². The minimum atomic E-state index is -0.0690. The van der Waals surface area contributed by atoms with Crippen molar-refractivity contribution in [1.82, 2.24) is 15.5 Å². The van der Waals surface area contributed by atoms with Crippen LogP contribution in [0.25, 0.3) is 0 Å². The van der Waals surface area contributed by atoms with Crippen molar-refractivity contribution in [2.75, 3.05) is 34.3 Å². The number of nitrogens with zero attached hydrogens (tertiary/aromatic N) is 2. The molecule has 1 aliphatic heterocycles. The first-order valence-corrected chi connectivity index (χ1v) is 8.32. The van der Waals surface area contributed by atoms with E-state index in [-0.39, 0.29) is 5.60 Å². The SMILES string of the molecule is CN=C(NCc1ccccc1CN(C)C)NCC1(C)CCCO1. The van der Waals surface area contributed by atoms with E-state index < -0.39 is 0 Å².